The van der Waals surface area contributed by atoms with Crippen LogP contribution in [0.25, 0.3) is 0 Å². The number of nitrogens with zero attached hydrogens (tertiary/aromatic N) is 1. The average molecular weight is 202 g/mol. The molecule has 1 nitrogen and oxygen atoms in total. The van der Waals surface area contributed by atoms with Gasteiger partial charge in [0.15, 0.2) is 0 Å². The molecule has 0 saturated carbocycles. The lowest BCUT2D eigenvalue weighted by Crippen LogP contribution is -2.43. The van der Waals surface area contributed by atoms with Gasteiger partial charge in [0.05, 0.1) is 0 Å². The molecular weight excluding hydrogens is 191 g/mol. The Morgan fingerprint density at radius 2 is 2.17 bits per heavy atom. The zero-order valence-corrected chi connectivity index (χ0v) is 7.49. The fraction of sp³-hybridized carbons (Fsp3) is 1.00. The highest BCUT2D eigenvalue weighted by atomic mass is 35.5. The Kier molecular flexibility index (Phi) is 2.88. The third kappa shape index (κ3) is 2.04. The normalized spacial score (nSPS) is 29.2. The molecule has 5 heteroatoms. The molecule has 1 aliphatic rings. The molecule has 0 aliphatic carbocycles. The van der Waals surface area contributed by atoms with Crippen LogP contribution in [0, 0.1) is 0 Å². The lowest BCUT2D eigenvalue weighted by atomic mass is 10.2. The number of rotatable bonds is 2. The second-order valence-electron chi connectivity index (χ2n) is 3.11. The van der Waals surface area contributed by atoms with Gasteiger partial charge in [-0.25, -0.2) is 4.39 Å². The summed E-state index contributed by atoms with van der Waals surface area (Å²) < 4.78 is 37.5. The third-order valence-electron chi connectivity index (χ3n) is 2.17. The summed E-state index contributed by atoms with van der Waals surface area (Å²) in [5, 5.41) is -3.77. The van der Waals surface area contributed by atoms with Crippen LogP contribution in [0.5, 0.6) is 0 Å². The predicted molar refractivity (Wildman–Crippen MR) is 41.1 cm³/mol. The van der Waals surface area contributed by atoms with E-state index in [9.17, 15) is 13.2 Å². The lowest BCUT2D eigenvalue weighted by molar-refractivity contribution is -0.0819. The molecule has 0 bridgehead atoms. The van der Waals surface area contributed by atoms with Gasteiger partial charge in [-0.05, 0) is 31.4 Å². The Bertz CT molecular complexity index is 159. The minimum absolute atomic E-state index is 0.135. The zero-order chi connectivity index (χ0) is 9.35. The number of hydrogen-bond acceptors (Lipinski definition) is 1. The highest BCUT2D eigenvalue weighted by Crippen LogP contribution is 2.32. The van der Waals surface area contributed by atoms with Crippen molar-refractivity contribution in [1.29, 1.82) is 0 Å². The summed E-state index contributed by atoms with van der Waals surface area (Å²) in [6, 6.07) is -0.135. The van der Waals surface area contributed by atoms with E-state index < -0.39 is 11.7 Å². The molecule has 1 fully saturated rings. The van der Waals surface area contributed by atoms with Crippen LogP contribution in [0.1, 0.15) is 19.8 Å². The van der Waals surface area contributed by atoms with E-state index in [1.165, 1.54) is 0 Å². The molecule has 0 radical (unpaired) electrons. The van der Waals surface area contributed by atoms with E-state index in [-0.39, 0.29) is 6.04 Å². The van der Waals surface area contributed by atoms with E-state index in [1.54, 1.807) is 6.92 Å². The second kappa shape index (κ2) is 3.42. The average Bonchev–Trinajstić information content (AvgIpc) is 2.31. The standard InChI is InChI=1S/C7H11ClF3N/c1-5-3-2-4-12(5)6(9)7(8,10)11/h5-6H,2-4H2,1H3. The number of alkyl halides is 4. The lowest BCUT2D eigenvalue weighted by Gasteiger charge is -2.27. The van der Waals surface area contributed by atoms with E-state index in [2.05, 4.69) is 11.6 Å². The molecule has 1 saturated heterocycles. The smallest absolute Gasteiger partial charge is 0.265 e. The fourth-order valence-corrected chi connectivity index (χ4v) is 1.61. The predicted octanol–water partition coefficient (Wildman–Crippen LogP) is 2.60. The molecule has 1 aliphatic heterocycles. The first-order valence-electron chi connectivity index (χ1n) is 3.89. The Morgan fingerprint density at radius 1 is 1.58 bits per heavy atom. The van der Waals surface area contributed by atoms with Crippen LogP contribution in [0.4, 0.5) is 13.2 Å². The molecule has 0 aromatic heterocycles. The summed E-state index contributed by atoms with van der Waals surface area (Å²) in [4.78, 5) is 1.10. The van der Waals surface area contributed by atoms with Gasteiger partial charge in [-0.1, -0.05) is 0 Å². The number of hydrogen-bond donors (Lipinski definition) is 0. The SMILES string of the molecule is CC1CCCN1C(F)C(F)(F)Cl. The van der Waals surface area contributed by atoms with Crippen LogP contribution in [-0.2, 0) is 0 Å². The van der Waals surface area contributed by atoms with Gasteiger partial charge in [-0.3, -0.25) is 4.90 Å². The summed E-state index contributed by atoms with van der Waals surface area (Å²) in [6.07, 6.45) is -0.834. The van der Waals surface area contributed by atoms with E-state index in [4.69, 9.17) is 0 Å². The fourth-order valence-electron chi connectivity index (χ4n) is 1.48. The van der Waals surface area contributed by atoms with E-state index in [1.807, 2.05) is 0 Å². The molecule has 0 aromatic carbocycles. The molecule has 0 amide bonds. The van der Waals surface area contributed by atoms with Crippen molar-refractivity contribution in [2.24, 2.45) is 0 Å². The summed E-state index contributed by atoms with van der Waals surface area (Å²) >= 11 is 4.58. The minimum Gasteiger partial charge on any atom is -0.265 e. The monoisotopic (exact) mass is 201 g/mol. The quantitative estimate of drug-likeness (QED) is 0.490. The van der Waals surface area contributed by atoms with Crippen LogP contribution in [0.2, 0.25) is 0 Å². The van der Waals surface area contributed by atoms with E-state index in [0.29, 0.717) is 6.54 Å². The van der Waals surface area contributed by atoms with Crippen LogP contribution in [0.15, 0.2) is 0 Å². The molecule has 0 N–H and O–H groups in total. The van der Waals surface area contributed by atoms with Crippen molar-refractivity contribution in [2.75, 3.05) is 6.54 Å². The van der Waals surface area contributed by atoms with Gasteiger partial charge in [-0.2, -0.15) is 8.78 Å². The zero-order valence-electron chi connectivity index (χ0n) is 6.74. The van der Waals surface area contributed by atoms with Crippen LogP contribution in [-0.4, -0.2) is 29.2 Å². The maximum atomic E-state index is 12.9. The Morgan fingerprint density at radius 3 is 2.50 bits per heavy atom. The molecule has 72 valence electrons. The molecule has 0 aromatic rings. The van der Waals surface area contributed by atoms with Gasteiger partial charge in [0.1, 0.15) is 0 Å². The molecule has 1 heterocycles. The number of likely N-dealkylation sites (tertiary alicyclic amines) is 1. The molecule has 12 heavy (non-hydrogen) atoms. The first-order chi connectivity index (χ1) is 5.43. The highest BCUT2D eigenvalue weighted by molar-refractivity contribution is 6.22. The van der Waals surface area contributed by atoms with E-state index >= 15 is 0 Å². The Balaban J connectivity index is 2.57. The summed E-state index contributed by atoms with van der Waals surface area (Å²) in [5.41, 5.74) is 0. The molecular formula is C7H11ClF3N. The van der Waals surface area contributed by atoms with Crippen LogP contribution >= 0.6 is 11.6 Å². The van der Waals surface area contributed by atoms with Gasteiger partial charge < -0.3 is 0 Å². The maximum absolute atomic E-state index is 12.9. The second-order valence-corrected chi connectivity index (χ2v) is 3.61. The van der Waals surface area contributed by atoms with Gasteiger partial charge in [0.25, 0.3) is 0 Å². The summed E-state index contributed by atoms with van der Waals surface area (Å²) in [6.45, 7) is 2.09. The molecule has 0 spiro atoms. The van der Waals surface area contributed by atoms with Crippen molar-refractivity contribution in [3.8, 4) is 0 Å². The van der Waals surface area contributed by atoms with Crippen molar-refractivity contribution < 1.29 is 13.2 Å². The van der Waals surface area contributed by atoms with Gasteiger partial charge >= 0.3 is 5.38 Å². The molecule has 2 unspecified atom stereocenters. The summed E-state index contributed by atoms with van der Waals surface area (Å²) in [7, 11) is 0. The number of halogens is 4. The summed E-state index contributed by atoms with van der Waals surface area (Å²) in [5.74, 6) is 0. The van der Waals surface area contributed by atoms with Crippen molar-refractivity contribution in [3.05, 3.63) is 0 Å². The molecule has 2 atom stereocenters. The van der Waals surface area contributed by atoms with E-state index in [0.717, 1.165) is 17.7 Å². The topological polar surface area (TPSA) is 3.24 Å². The maximum Gasteiger partial charge on any atom is 0.365 e. The van der Waals surface area contributed by atoms with Gasteiger partial charge in [0, 0.05) is 12.6 Å². The minimum atomic E-state index is -3.77. The van der Waals surface area contributed by atoms with Gasteiger partial charge in [-0.15, -0.1) is 0 Å². The van der Waals surface area contributed by atoms with Crippen LogP contribution < -0.4 is 0 Å². The van der Waals surface area contributed by atoms with Crippen LogP contribution in [0.3, 0.4) is 0 Å². The van der Waals surface area contributed by atoms with Crippen molar-refractivity contribution in [1.82, 2.24) is 4.90 Å². The third-order valence-corrected chi connectivity index (χ3v) is 2.35. The largest absolute Gasteiger partial charge is 0.365 e. The molecule has 1 rings (SSSR count). The van der Waals surface area contributed by atoms with Crippen molar-refractivity contribution in [3.63, 3.8) is 0 Å². The van der Waals surface area contributed by atoms with Crippen molar-refractivity contribution in [2.45, 2.75) is 37.5 Å². The van der Waals surface area contributed by atoms with Gasteiger partial charge in [0.2, 0.25) is 6.30 Å². The first-order valence-corrected chi connectivity index (χ1v) is 4.27. The Hall–Kier alpha value is 0.0400. The van der Waals surface area contributed by atoms with Crippen molar-refractivity contribution >= 4 is 11.6 Å². The first kappa shape index (κ1) is 10.1. The highest BCUT2D eigenvalue weighted by Gasteiger charge is 2.44. The Labute approximate surface area is 74.5 Å².